The van der Waals surface area contributed by atoms with Crippen molar-refractivity contribution in [3.05, 3.63) is 58.7 Å². The lowest BCUT2D eigenvalue weighted by atomic mass is 10.0. The van der Waals surface area contributed by atoms with E-state index in [9.17, 15) is 22.0 Å². The molecule has 0 spiro atoms. The second-order valence-electron chi connectivity index (χ2n) is 5.86. The van der Waals surface area contributed by atoms with Gasteiger partial charge in [-0.25, -0.2) is 8.78 Å². The fraction of sp³-hybridized carbons (Fsp3) is 0.235. The molecule has 0 fully saturated rings. The van der Waals surface area contributed by atoms with E-state index in [2.05, 4.69) is 4.99 Å². The van der Waals surface area contributed by atoms with Gasteiger partial charge in [-0.3, -0.25) is 4.99 Å². The molecule has 2 nitrogen and oxygen atoms in total. The van der Waals surface area contributed by atoms with Gasteiger partial charge >= 0.3 is 6.18 Å². The number of benzene rings is 2. The summed E-state index contributed by atoms with van der Waals surface area (Å²) < 4.78 is 66.7. The zero-order chi connectivity index (χ0) is 17.8. The van der Waals surface area contributed by atoms with Crippen molar-refractivity contribution < 1.29 is 22.0 Å². The molecule has 0 N–H and O–H groups in total. The van der Waals surface area contributed by atoms with Crippen LogP contribution < -0.4 is 4.90 Å². The lowest BCUT2D eigenvalue weighted by molar-refractivity contribution is -0.137. The maximum absolute atomic E-state index is 14.1. The van der Waals surface area contributed by atoms with Gasteiger partial charge in [0.15, 0.2) is 0 Å². The minimum absolute atomic E-state index is 0.269. The normalized spacial score (nSPS) is 19.1. The smallest absolute Gasteiger partial charge is 0.349 e. The van der Waals surface area contributed by atoms with E-state index in [1.165, 1.54) is 12.3 Å². The highest BCUT2D eigenvalue weighted by molar-refractivity contribution is 7.99. The van der Waals surface area contributed by atoms with Crippen molar-refractivity contribution in [3.63, 3.8) is 0 Å². The third-order valence-electron chi connectivity index (χ3n) is 4.20. The molecule has 0 amide bonds. The van der Waals surface area contributed by atoms with Gasteiger partial charge in [-0.05, 0) is 18.2 Å². The Kier molecular flexibility index (Phi) is 3.75. The molecule has 4 rings (SSSR count). The molecular formula is C17H11F5N2S. The van der Waals surface area contributed by atoms with Crippen molar-refractivity contribution in [2.45, 2.75) is 16.3 Å². The first-order valence-corrected chi connectivity index (χ1v) is 8.32. The maximum atomic E-state index is 14.1. The second-order valence-corrected chi connectivity index (χ2v) is 7.10. The molecule has 130 valence electrons. The van der Waals surface area contributed by atoms with Crippen molar-refractivity contribution in [2.24, 2.45) is 4.99 Å². The van der Waals surface area contributed by atoms with Crippen molar-refractivity contribution in [2.75, 3.05) is 18.1 Å². The monoisotopic (exact) mass is 370 g/mol. The summed E-state index contributed by atoms with van der Waals surface area (Å²) in [5.41, 5.74) is 0.598. The summed E-state index contributed by atoms with van der Waals surface area (Å²) in [5.74, 6) is -1.39. The predicted octanol–water partition coefficient (Wildman–Crippen LogP) is 5.03. The van der Waals surface area contributed by atoms with E-state index in [4.69, 9.17) is 0 Å². The molecule has 8 heteroatoms. The molecule has 2 aliphatic rings. The van der Waals surface area contributed by atoms with Crippen LogP contribution in [-0.2, 0) is 6.18 Å². The van der Waals surface area contributed by atoms with Crippen LogP contribution in [0.3, 0.4) is 0 Å². The predicted molar refractivity (Wildman–Crippen MR) is 86.2 cm³/mol. The molecule has 2 aromatic carbocycles. The molecule has 2 aliphatic heterocycles. The molecule has 1 unspecified atom stereocenters. The largest absolute Gasteiger partial charge is 0.416 e. The first kappa shape index (κ1) is 16.4. The van der Waals surface area contributed by atoms with Crippen LogP contribution in [0.25, 0.3) is 0 Å². The average molecular weight is 370 g/mol. The molecule has 25 heavy (non-hydrogen) atoms. The molecule has 2 aromatic rings. The molecule has 0 saturated heterocycles. The van der Waals surface area contributed by atoms with Gasteiger partial charge in [0.1, 0.15) is 18.3 Å². The Morgan fingerprint density at radius 3 is 2.64 bits per heavy atom. The van der Waals surface area contributed by atoms with E-state index in [1.54, 1.807) is 0 Å². The van der Waals surface area contributed by atoms with Crippen molar-refractivity contribution >= 4 is 23.7 Å². The Hall–Kier alpha value is -2.09. The third kappa shape index (κ3) is 2.88. The summed E-state index contributed by atoms with van der Waals surface area (Å²) in [6.07, 6.45) is -3.04. The Bertz CT molecular complexity index is 878. The molecule has 2 heterocycles. The van der Waals surface area contributed by atoms with Crippen LogP contribution in [-0.4, -0.2) is 19.4 Å². The third-order valence-corrected chi connectivity index (χ3v) is 5.45. The van der Waals surface area contributed by atoms with E-state index in [1.807, 2.05) is 4.90 Å². The van der Waals surface area contributed by atoms with E-state index in [0.29, 0.717) is 29.4 Å². The highest BCUT2D eigenvalue weighted by atomic mass is 32.2. The van der Waals surface area contributed by atoms with Crippen LogP contribution >= 0.6 is 11.8 Å². The number of hydrogen-bond acceptors (Lipinski definition) is 3. The highest BCUT2D eigenvalue weighted by Gasteiger charge is 2.36. The second kappa shape index (κ2) is 5.72. The fourth-order valence-electron chi connectivity index (χ4n) is 3.09. The Labute approximate surface area is 144 Å². The topological polar surface area (TPSA) is 15.6 Å². The number of anilines is 1. The van der Waals surface area contributed by atoms with E-state index < -0.39 is 28.6 Å². The van der Waals surface area contributed by atoms with Crippen LogP contribution in [0.1, 0.15) is 21.9 Å². The van der Waals surface area contributed by atoms with Crippen molar-refractivity contribution in [1.29, 1.82) is 0 Å². The number of thioether (sulfide) groups is 1. The zero-order valence-electron chi connectivity index (χ0n) is 12.6. The van der Waals surface area contributed by atoms with Gasteiger partial charge in [0, 0.05) is 34.8 Å². The lowest BCUT2D eigenvalue weighted by Crippen LogP contribution is -2.34. The summed E-state index contributed by atoms with van der Waals surface area (Å²) in [5, 5.41) is -0.447. The maximum Gasteiger partial charge on any atom is 0.416 e. The van der Waals surface area contributed by atoms with Crippen LogP contribution in [0, 0.1) is 11.6 Å². The number of aliphatic imine (C=N–C) groups is 1. The quantitative estimate of drug-likeness (QED) is 0.655. The summed E-state index contributed by atoms with van der Waals surface area (Å²) in [4.78, 5) is 6.36. The Balaban J connectivity index is 1.80. The van der Waals surface area contributed by atoms with E-state index >= 15 is 0 Å². The van der Waals surface area contributed by atoms with Crippen LogP contribution in [0.15, 0.2) is 40.2 Å². The zero-order valence-corrected chi connectivity index (χ0v) is 13.5. The lowest BCUT2D eigenvalue weighted by Gasteiger charge is -2.38. The van der Waals surface area contributed by atoms with Gasteiger partial charge < -0.3 is 4.90 Å². The van der Waals surface area contributed by atoms with Gasteiger partial charge in [-0.2, -0.15) is 13.2 Å². The number of alkyl halides is 3. The minimum atomic E-state index is -4.48. The molecule has 0 bridgehead atoms. The van der Waals surface area contributed by atoms with Crippen molar-refractivity contribution in [1.82, 2.24) is 0 Å². The van der Waals surface area contributed by atoms with E-state index in [-0.39, 0.29) is 5.56 Å². The van der Waals surface area contributed by atoms with Gasteiger partial charge in [0.05, 0.1) is 16.5 Å². The molecule has 1 atom stereocenters. The number of hydrogen-bond donors (Lipinski definition) is 0. The van der Waals surface area contributed by atoms with Gasteiger partial charge in [-0.15, -0.1) is 11.8 Å². The molecular weight excluding hydrogens is 359 g/mol. The van der Waals surface area contributed by atoms with Gasteiger partial charge in [-0.1, -0.05) is 6.07 Å². The van der Waals surface area contributed by atoms with Gasteiger partial charge in [0.25, 0.3) is 0 Å². The average Bonchev–Trinajstić information content (AvgIpc) is 2.54. The molecule has 0 aliphatic carbocycles. The number of nitrogens with zero attached hydrogens (tertiary/aromatic N) is 2. The summed E-state index contributed by atoms with van der Waals surface area (Å²) in [7, 11) is 0. The van der Waals surface area contributed by atoms with Crippen LogP contribution in [0.5, 0.6) is 0 Å². The standard InChI is InChI=1S/C17H11F5N2S/c18-11-1-2-12(13(19)5-11)15-7-24-8-23-6-9-3-10(17(20,21)22)4-14(25-15)16(9)24/h1-6,15H,7-8H2. The van der Waals surface area contributed by atoms with Gasteiger partial charge in [0.2, 0.25) is 0 Å². The van der Waals surface area contributed by atoms with Crippen molar-refractivity contribution in [3.8, 4) is 0 Å². The molecule has 0 saturated carbocycles. The fourth-order valence-corrected chi connectivity index (χ4v) is 4.53. The molecule has 0 radical (unpaired) electrons. The van der Waals surface area contributed by atoms with Crippen LogP contribution in [0.4, 0.5) is 27.6 Å². The minimum Gasteiger partial charge on any atom is -0.349 e. The Morgan fingerprint density at radius 1 is 1.12 bits per heavy atom. The summed E-state index contributed by atoms with van der Waals surface area (Å²) >= 11 is 1.16. The first-order valence-electron chi connectivity index (χ1n) is 7.44. The summed E-state index contributed by atoms with van der Waals surface area (Å²) in [6.45, 7) is 0.682. The highest BCUT2D eigenvalue weighted by Crippen LogP contribution is 2.49. The van der Waals surface area contributed by atoms with E-state index in [0.717, 1.165) is 36.0 Å². The summed E-state index contributed by atoms with van der Waals surface area (Å²) in [6, 6.07) is 5.45. The Morgan fingerprint density at radius 2 is 1.92 bits per heavy atom. The molecule has 0 aromatic heterocycles. The SMILES string of the molecule is Fc1ccc(C2CN3CN=Cc4cc(C(F)(F)F)cc(c43)S2)c(F)c1. The first-order chi connectivity index (χ1) is 11.8. The number of halogens is 5. The van der Waals surface area contributed by atoms with Crippen LogP contribution in [0.2, 0.25) is 0 Å². The number of rotatable bonds is 1.